The Kier molecular flexibility index (Phi) is 3.98. The monoisotopic (exact) mass is 292 g/mol. The second kappa shape index (κ2) is 5.90. The van der Waals surface area contributed by atoms with Crippen LogP contribution in [-0.2, 0) is 23.4 Å². The zero-order valence-corrected chi connectivity index (χ0v) is 12.2. The Morgan fingerprint density at radius 3 is 2.86 bits per heavy atom. The largest absolute Gasteiger partial charge is 0.370 e. The van der Waals surface area contributed by atoms with Crippen molar-refractivity contribution >= 4 is 0 Å². The first kappa shape index (κ1) is 14.2. The van der Waals surface area contributed by atoms with Crippen molar-refractivity contribution in [3.63, 3.8) is 0 Å². The fraction of sp³-hybridized carbons (Fsp3) is 0.692. The number of hydrogen-bond acceptors (Lipinski definition) is 7. The maximum atomic E-state index is 5.71. The third-order valence-electron chi connectivity index (χ3n) is 4.02. The van der Waals surface area contributed by atoms with Crippen LogP contribution in [0.5, 0.6) is 0 Å². The average Bonchev–Trinajstić information content (AvgIpc) is 3.18. The van der Waals surface area contributed by atoms with Crippen molar-refractivity contribution in [2.45, 2.75) is 50.8 Å². The van der Waals surface area contributed by atoms with Crippen LogP contribution in [0.1, 0.15) is 49.5 Å². The van der Waals surface area contributed by atoms with Gasteiger partial charge in [-0.2, -0.15) is 4.98 Å². The number of ether oxygens (including phenoxy) is 1. The van der Waals surface area contributed by atoms with Gasteiger partial charge in [-0.15, -0.1) is 5.10 Å². The molecule has 0 radical (unpaired) electrons. The summed E-state index contributed by atoms with van der Waals surface area (Å²) in [5.41, 5.74) is 5.84. The molecule has 0 unspecified atom stereocenters. The van der Waals surface area contributed by atoms with Gasteiger partial charge in [-0.25, -0.2) is 4.68 Å². The summed E-state index contributed by atoms with van der Waals surface area (Å²) in [4.78, 5) is 4.48. The normalized spacial score (nSPS) is 18.0. The van der Waals surface area contributed by atoms with Gasteiger partial charge in [-0.3, -0.25) is 0 Å². The first-order valence-corrected chi connectivity index (χ1v) is 7.23. The molecule has 2 heterocycles. The second-order valence-electron chi connectivity index (χ2n) is 5.38. The van der Waals surface area contributed by atoms with E-state index >= 15 is 0 Å². The highest BCUT2D eigenvalue weighted by Crippen LogP contribution is 2.38. The lowest BCUT2D eigenvalue weighted by Gasteiger charge is -2.32. The topological polar surface area (TPSA) is 105 Å². The lowest BCUT2D eigenvalue weighted by molar-refractivity contribution is -0.0527. The van der Waals surface area contributed by atoms with Crippen LogP contribution in [0.4, 0.5) is 0 Å². The number of nitrogens with two attached hydrogens (primary N) is 1. The number of hydrogen-bond donors (Lipinski definition) is 1. The predicted molar refractivity (Wildman–Crippen MR) is 73.1 cm³/mol. The molecule has 2 aromatic rings. The van der Waals surface area contributed by atoms with Gasteiger partial charge in [0.25, 0.3) is 0 Å². The third kappa shape index (κ3) is 2.81. The Morgan fingerprint density at radius 2 is 2.19 bits per heavy atom. The van der Waals surface area contributed by atoms with Gasteiger partial charge < -0.3 is 15.0 Å². The molecule has 2 N–H and O–H groups in total. The van der Waals surface area contributed by atoms with Crippen LogP contribution in [0.15, 0.2) is 10.7 Å². The first-order valence-electron chi connectivity index (χ1n) is 7.23. The predicted octanol–water partition coefficient (Wildman–Crippen LogP) is 0.974. The van der Waals surface area contributed by atoms with Crippen molar-refractivity contribution in [1.29, 1.82) is 0 Å². The lowest BCUT2D eigenvalue weighted by atomic mass is 9.84. The van der Waals surface area contributed by atoms with Crippen molar-refractivity contribution in [3.8, 4) is 0 Å². The minimum absolute atomic E-state index is 0.363. The molecule has 1 saturated carbocycles. The fourth-order valence-corrected chi connectivity index (χ4v) is 2.79. The van der Waals surface area contributed by atoms with Gasteiger partial charge in [0.15, 0.2) is 0 Å². The average molecular weight is 292 g/mol. The number of nitrogens with zero attached hydrogens (tertiary/aromatic N) is 5. The van der Waals surface area contributed by atoms with Gasteiger partial charge >= 0.3 is 0 Å². The van der Waals surface area contributed by atoms with Gasteiger partial charge in [-0.1, -0.05) is 29.6 Å². The van der Waals surface area contributed by atoms with Gasteiger partial charge in [0, 0.05) is 13.7 Å². The van der Waals surface area contributed by atoms with Gasteiger partial charge in [0.1, 0.15) is 12.1 Å². The Balaban J connectivity index is 1.76. The molecule has 0 bridgehead atoms. The molecule has 3 rings (SSSR count). The van der Waals surface area contributed by atoms with E-state index in [0.29, 0.717) is 24.8 Å². The van der Waals surface area contributed by atoms with Crippen LogP contribution in [-0.4, -0.2) is 32.2 Å². The van der Waals surface area contributed by atoms with E-state index in [9.17, 15) is 0 Å². The molecule has 0 aromatic carbocycles. The van der Waals surface area contributed by atoms with Gasteiger partial charge in [0.2, 0.25) is 11.7 Å². The minimum atomic E-state index is -0.398. The number of rotatable bonds is 5. The molecule has 0 saturated heterocycles. The van der Waals surface area contributed by atoms with Crippen molar-refractivity contribution in [3.05, 3.63) is 23.6 Å². The van der Waals surface area contributed by atoms with E-state index in [2.05, 4.69) is 20.5 Å². The second-order valence-corrected chi connectivity index (χ2v) is 5.38. The molecule has 8 heteroatoms. The van der Waals surface area contributed by atoms with Crippen LogP contribution >= 0.6 is 0 Å². The summed E-state index contributed by atoms with van der Waals surface area (Å²) in [5.74, 6) is 1.14. The molecule has 0 aliphatic heterocycles. The summed E-state index contributed by atoms with van der Waals surface area (Å²) in [6.45, 7) is 0.752. The Labute approximate surface area is 122 Å². The van der Waals surface area contributed by atoms with Crippen LogP contribution in [0, 0.1) is 0 Å². The van der Waals surface area contributed by atoms with Crippen molar-refractivity contribution in [2.24, 2.45) is 5.73 Å². The first-order chi connectivity index (χ1) is 10.3. The summed E-state index contributed by atoms with van der Waals surface area (Å²) >= 11 is 0. The van der Waals surface area contributed by atoms with E-state index in [1.54, 1.807) is 18.0 Å². The van der Waals surface area contributed by atoms with Crippen LogP contribution in [0.25, 0.3) is 0 Å². The zero-order chi connectivity index (χ0) is 14.7. The third-order valence-corrected chi connectivity index (χ3v) is 4.02. The Hall–Kier alpha value is -1.80. The maximum absolute atomic E-state index is 5.71. The van der Waals surface area contributed by atoms with Gasteiger partial charge in [0.05, 0.1) is 11.9 Å². The fourth-order valence-electron chi connectivity index (χ4n) is 2.79. The summed E-state index contributed by atoms with van der Waals surface area (Å²) in [7, 11) is 1.71. The highest BCUT2D eigenvalue weighted by Gasteiger charge is 2.38. The van der Waals surface area contributed by atoms with E-state index in [0.717, 1.165) is 31.4 Å². The number of aromatic nitrogens is 5. The van der Waals surface area contributed by atoms with E-state index in [4.69, 9.17) is 15.0 Å². The summed E-state index contributed by atoms with van der Waals surface area (Å²) in [6.07, 6.45) is 7.13. The van der Waals surface area contributed by atoms with Crippen LogP contribution < -0.4 is 5.73 Å². The molecule has 21 heavy (non-hydrogen) atoms. The summed E-state index contributed by atoms with van der Waals surface area (Å²) < 4.78 is 12.7. The highest BCUT2D eigenvalue weighted by atomic mass is 16.5. The molecule has 1 fully saturated rings. The lowest BCUT2D eigenvalue weighted by Crippen LogP contribution is -2.32. The van der Waals surface area contributed by atoms with Crippen molar-refractivity contribution < 1.29 is 9.26 Å². The van der Waals surface area contributed by atoms with Gasteiger partial charge in [-0.05, 0) is 12.8 Å². The van der Waals surface area contributed by atoms with E-state index in [1.807, 2.05) is 0 Å². The van der Waals surface area contributed by atoms with Crippen molar-refractivity contribution in [2.75, 3.05) is 7.11 Å². The smallest absolute Gasteiger partial charge is 0.248 e. The molecule has 1 aliphatic carbocycles. The molecular formula is C13H20N6O2. The standard InChI is InChI=1S/C13H20N6O2/c1-20-13(5-3-2-4-6-13)12-15-11(21-17-12)9-19-8-10(7-14)16-18-19/h8H,2-7,9,14H2,1H3. The molecule has 0 atom stereocenters. The SMILES string of the molecule is COC1(c2noc(Cn3cc(CN)nn3)n2)CCCCC1. The van der Waals surface area contributed by atoms with E-state index in [1.165, 1.54) is 6.42 Å². The molecule has 114 valence electrons. The molecular weight excluding hydrogens is 272 g/mol. The molecule has 1 aliphatic rings. The van der Waals surface area contributed by atoms with Crippen LogP contribution in [0.3, 0.4) is 0 Å². The molecule has 8 nitrogen and oxygen atoms in total. The molecule has 0 spiro atoms. The van der Waals surface area contributed by atoms with E-state index < -0.39 is 5.60 Å². The molecule has 0 amide bonds. The number of methoxy groups -OCH3 is 1. The molecule has 2 aromatic heterocycles. The van der Waals surface area contributed by atoms with Crippen LogP contribution in [0.2, 0.25) is 0 Å². The Bertz CT molecular complexity index is 587. The minimum Gasteiger partial charge on any atom is -0.370 e. The van der Waals surface area contributed by atoms with Crippen molar-refractivity contribution in [1.82, 2.24) is 25.1 Å². The Morgan fingerprint density at radius 1 is 1.38 bits per heavy atom. The highest BCUT2D eigenvalue weighted by molar-refractivity contribution is 5.03. The maximum Gasteiger partial charge on any atom is 0.248 e. The van der Waals surface area contributed by atoms with E-state index in [-0.39, 0.29) is 0 Å². The summed E-state index contributed by atoms with van der Waals surface area (Å²) in [6, 6.07) is 0. The quantitative estimate of drug-likeness (QED) is 0.875. The summed E-state index contributed by atoms with van der Waals surface area (Å²) in [5, 5.41) is 12.0. The zero-order valence-electron chi connectivity index (χ0n) is 12.2.